The van der Waals surface area contributed by atoms with Crippen LogP contribution in [0.3, 0.4) is 0 Å². The maximum atomic E-state index is 5.75. The van der Waals surface area contributed by atoms with Crippen LogP contribution in [0.25, 0.3) is 0 Å². The van der Waals surface area contributed by atoms with Crippen molar-refractivity contribution in [2.45, 2.75) is 53.1 Å². The van der Waals surface area contributed by atoms with E-state index in [9.17, 15) is 0 Å². The molecule has 0 saturated carbocycles. The molecule has 0 amide bonds. The Balaban J connectivity index is 2.01. The van der Waals surface area contributed by atoms with E-state index in [1.54, 1.807) is 0 Å². The lowest BCUT2D eigenvalue weighted by atomic mass is 9.87. The second kappa shape index (κ2) is 9.77. The monoisotopic (exact) mass is 465 g/mol. The van der Waals surface area contributed by atoms with Gasteiger partial charge in [-0.3, -0.25) is 4.74 Å². The third-order valence-corrected chi connectivity index (χ3v) is 10.2. The Labute approximate surface area is 206 Å². The highest BCUT2D eigenvalue weighted by molar-refractivity contribution is 7.80. The molecule has 0 radical (unpaired) electrons. The summed E-state index contributed by atoms with van der Waals surface area (Å²) < 4.78 is 5.75. The smallest absolute Gasteiger partial charge is 0.0679 e. The molecule has 2 heteroatoms. The summed E-state index contributed by atoms with van der Waals surface area (Å²) in [6.45, 7) is 13.4. The van der Waals surface area contributed by atoms with Crippen molar-refractivity contribution in [3.8, 4) is 0 Å². The van der Waals surface area contributed by atoms with Crippen molar-refractivity contribution in [1.82, 2.24) is 0 Å². The molecule has 0 unspecified atom stereocenters. The van der Waals surface area contributed by atoms with Gasteiger partial charge in [0.25, 0.3) is 0 Å². The predicted octanol–water partition coefficient (Wildman–Crippen LogP) is 8.59. The lowest BCUT2D eigenvalue weighted by Gasteiger charge is -2.28. The van der Waals surface area contributed by atoms with Gasteiger partial charge in [0.05, 0.1) is 5.69 Å². The molecule has 0 atom stereocenters. The molecule has 0 aliphatic rings. The lowest BCUT2D eigenvalue weighted by molar-refractivity contribution is 0.590. The molecule has 1 nitrogen and oxygen atoms in total. The number of aryl methyl sites for hydroxylation is 3. The van der Waals surface area contributed by atoms with Crippen molar-refractivity contribution >= 4 is 23.4 Å². The van der Waals surface area contributed by atoms with Crippen LogP contribution in [0.5, 0.6) is 0 Å². The molecule has 0 saturated heterocycles. The van der Waals surface area contributed by atoms with E-state index < -0.39 is 7.05 Å². The van der Waals surface area contributed by atoms with E-state index in [1.807, 2.05) is 0 Å². The Morgan fingerprint density at radius 2 is 1.12 bits per heavy atom. The molecule has 34 heavy (non-hydrogen) atoms. The van der Waals surface area contributed by atoms with Crippen molar-refractivity contribution < 1.29 is 0 Å². The third kappa shape index (κ3) is 5.11. The van der Waals surface area contributed by atoms with Crippen LogP contribution in [0.4, 0.5) is 5.69 Å². The Kier molecular flexibility index (Phi) is 6.96. The van der Waals surface area contributed by atoms with E-state index in [-0.39, 0.29) is 5.41 Å². The minimum Gasteiger partial charge on any atom is -0.258 e. The molecule has 0 aromatic heterocycles. The molecular weight excluding hydrogens is 429 g/mol. The molecule has 174 valence electrons. The highest BCUT2D eigenvalue weighted by Crippen LogP contribution is 2.54. The molecule has 0 aliphatic carbocycles. The molecule has 0 spiro atoms. The van der Waals surface area contributed by atoms with Crippen LogP contribution in [0.15, 0.2) is 102 Å². The quantitative estimate of drug-likeness (QED) is 0.262. The van der Waals surface area contributed by atoms with Crippen LogP contribution in [0.2, 0.25) is 0 Å². The average Bonchev–Trinajstić information content (AvgIpc) is 2.81. The summed E-state index contributed by atoms with van der Waals surface area (Å²) in [5.41, 5.74) is 7.76. The first-order valence-electron chi connectivity index (χ1n) is 12.1. The lowest BCUT2D eigenvalue weighted by Crippen LogP contribution is -2.18. The van der Waals surface area contributed by atoms with Crippen molar-refractivity contribution in [1.29, 1.82) is 0 Å². The molecule has 4 aromatic carbocycles. The van der Waals surface area contributed by atoms with Gasteiger partial charge in [-0.25, -0.2) is 0 Å². The highest BCUT2D eigenvalue weighted by Gasteiger charge is 2.26. The van der Waals surface area contributed by atoms with Gasteiger partial charge in [0.1, 0.15) is 0 Å². The minimum atomic E-state index is -2.14. The van der Waals surface area contributed by atoms with Crippen LogP contribution >= 0.6 is 7.05 Å². The van der Waals surface area contributed by atoms with Crippen LogP contribution in [-0.2, 0) is 11.6 Å². The van der Waals surface area contributed by atoms with E-state index >= 15 is 0 Å². The summed E-state index contributed by atoms with van der Waals surface area (Å²) in [4.78, 5) is 0. The summed E-state index contributed by atoms with van der Waals surface area (Å²) in [6.07, 6.45) is 0.901. The maximum absolute atomic E-state index is 5.75. The van der Waals surface area contributed by atoms with Crippen LogP contribution < -0.4 is 10.6 Å². The van der Waals surface area contributed by atoms with E-state index in [1.165, 1.54) is 38.4 Å². The van der Waals surface area contributed by atoms with Gasteiger partial charge < -0.3 is 0 Å². The van der Waals surface area contributed by atoms with Gasteiger partial charge in [-0.2, -0.15) is 0 Å². The molecule has 4 rings (SSSR count). The number of hydrogen-bond acceptors (Lipinski definition) is 1. The number of benzene rings is 4. The largest absolute Gasteiger partial charge is 0.258 e. The van der Waals surface area contributed by atoms with Crippen LogP contribution in [0.1, 0.15) is 48.6 Å². The molecule has 4 aromatic rings. The van der Waals surface area contributed by atoms with Crippen molar-refractivity contribution in [3.63, 3.8) is 0 Å². The molecule has 0 heterocycles. The average molecular weight is 466 g/mol. The number of hydrogen-bond donors (Lipinski definition) is 0. The normalized spacial score (nSPS) is 11.9. The molecular formula is C32H36NP. The summed E-state index contributed by atoms with van der Waals surface area (Å²) in [5, 5.41) is 2.64. The Bertz CT molecular complexity index is 1240. The van der Waals surface area contributed by atoms with Gasteiger partial charge in [-0.05, 0) is 59.0 Å². The fourth-order valence-corrected chi connectivity index (χ4v) is 8.40. The van der Waals surface area contributed by atoms with Gasteiger partial charge in [-0.1, -0.05) is 123 Å². The van der Waals surface area contributed by atoms with Gasteiger partial charge in [-0.15, -0.1) is 0 Å². The third-order valence-electron chi connectivity index (χ3n) is 6.50. The van der Waals surface area contributed by atoms with Gasteiger partial charge >= 0.3 is 0 Å². The first-order chi connectivity index (χ1) is 16.2. The number of nitrogens with zero attached hydrogens (tertiary/aromatic N) is 1. The summed E-state index contributed by atoms with van der Waals surface area (Å²) in [7, 11) is -2.14. The molecule has 0 N–H and O–H groups in total. The van der Waals surface area contributed by atoms with Gasteiger partial charge in [0.2, 0.25) is 0 Å². The first kappa shape index (κ1) is 24.2. The number of rotatable bonds is 5. The molecule has 0 aliphatic heterocycles. The summed E-state index contributed by atoms with van der Waals surface area (Å²) >= 11 is 0. The SMILES string of the molecule is Cc1cc(C)c(N=P(Cc2ccc(C(C)(C)C)cc2)(c2ccccc2)c2ccccc2)c(C)c1. The van der Waals surface area contributed by atoms with Gasteiger partial charge in [0, 0.05) is 13.2 Å². The van der Waals surface area contributed by atoms with E-state index in [4.69, 9.17) is 4.74 Å². The zero-order valence-electron chi connectivity index (χ0n) is 21.3. The summed E-state index contributed by atoms with van der Waals surface area (Å²) in [6, 6.07) is 35.6. The second-order valence-electron chi connectivity index (χ2n) is 10.4. The highest BCUT2D eigenvalue weighted by atomic mass is 31.2. The van der Waals surface area contributed by atoms with Crippen molar-refractivity contribution in [2.75, 3.05) is 0 Å². The van der Waals surface area contributed by atoms with E-state index in [0.29, 0.717) is 0 Å². The van der Waals surface area contributed by atoms with Gasteiger partial charge in [0.15, 0.2) is 0 Å². The van der Waals surface area contributed by atoms with E-state index in [0.717, 1.165) is 11.8 Å². The Morgan fingerprint density at radius 1 is 0.647 bits per heavy atom. The second-order valence-corrected chi connectivity index (χ2v) is 13.5. The molecule has 0 fully saturated rings. The van der Waals surface area contributed by atoms with E-state index in [2.05, 4.69) is 139 Å². The van der Waals surface area contributed by atoms with Crippen LogP contribution in [-0.4, -0.2) is 0 Å². The first-order valence-corrected chi connectivity index (χ1v) is 14.0. The fourth-order valence-electron chi connectivity index (χ4n) is 4.71. The fraction of sp³-hybridized carbons (Fsp3) is 0.250. The van der Waals surface area contributed by atoms with Crippen molar-refractivity contribution in [2.24, 2.45) is 4.74 Å². The Morgan fingerprint density at radius 3 is 1.56 bits per heavy atom. The Hall–Kier alpha value is -2.89. The molecule has 0 bridgehead atoms. The predicted molar refractivity (Wildman–Crippen MR) is 151 cm³/mol. The zero-order chi connectivity index (χ0) is 24.3. The topological polar surface area (TPSA) is 12.4 Å². The van der Waals surface area contributed by atoms with Crippen LogP contribution in [0, 0.1) is 20.8 Å². The maximum Gasteiger partial charge on any atom is 0.0679 e. The zero-order valence-corrected chi connectivity index (χ0v) is 22.2. The summed E-state index contributed by atoms with van der Waals surface area (Å²) in [5.74, 6) is 0. The standard InChI is InChI=1S/C32H36NP/c1-24-21-25(2)31(26(3)22-24)33-34(29-13-9-7-10-14-29,30-15-11-8-12-16-30)23-27-17-19-28(20-18-27)32(4,5)6/h7-22H,23H2,1-6H3. The van der Waals surface area contributed by atoms with Crippen molar-refractivity contribution in [3.05, 3.63) is 125 Å². The minimum absolute atomic E-state index is 0.143.